The average Bonchev–Trinajstić information content (AvgIpc) is 2.46. The molecule has 0 saturated carbocycles. The maximum atomic E-state index is 5.83. The van der Waals surface area contributed by atoms with Crippen LogP contribution in [-0.2, 0) is 6.61 Å². The first-order valence-corrected chi connectivity index (χ1v) is 6.48. The molecule has 0 unspecified atom stereocenters. The maximum absolute atomic E-state index is 5.83. The molecule has 0 saturated heterocycles. The van der Waals surface area contributed by atoms with Gasteiger partial charge < -0.3 is 10.1 Å². The van der Waals surface area contributed by atoms with Gasteiger partial charge in [0.25, 0.3) is 0 Å². The molecule has 1 N–H and O–H groups in total. The fourth-order valence-corrected chi connectivity index (χ4v) is 1.73. The zero-order chi connectivity index (χ0) is 13.5. The smallest absolute Gasteiger partial charge is 0.119 e. The van der Waals surface area contributed by atoms with E-state index < -0.39 is 0 Å². The lowest BCUT2D eigenvalue weighted by atomic mass is 10.2. The van der Waals surface area contributed by atoms with Gasteiger partial charge in [0.05, 0.1) is 0 Å². The molecule has 2 rings (SSSR count). The molecule has 2 aromatic rings. The highest BCUT2D eigenvalue weighted by Crippen LogP contribution is 2.17. The topological polar surface area (TPSA) is 21.3 Å². The van der Waals surface area contributed by atoms with Crippen molar-refractivity contribution in [1.82, 2.24) is 0 Å². The van der Waals surface area contributed by atoms with Crippen LogP contribution in [0, 0.1) is 0 Å². The van der Waals surface area contributed by atoms with Crippen LogP contribution in [-0.4, -0.2) is 6.54 Å². The van der Waals surface area contributed by atoms with Gasteiger partial charge in [-0.2, -0.15) is 0 Å². The first-order chi connectivity index (χ1) is 9.28. The zero-order valence-corrected chi connectivity index (χ0v) is 11.4. The van der Waals surface area contributed by atoms with Gasteiger partial charge in [0.15, 0.2) is 0 Å². The molecule has 0 heterocycles. The van der Waals surface area contributed by atoms with Crippen molar-refractivity contribution in [2.45, 2.75) is 6.61 Å². The van der Waals surface area contributed by atoms with Crippen LogP contribution in [0.3, 0.4) is 0 Å². The van der Waals surface area contributed by atoms with Crippen molar-refractivity contribution in [3.05, 3.63) is 71.8 Å². The number of benzene rings is 2. The van der Waals surface area contributed by atoms with Gasteiger partial charge in [0, 0.05) is 17.3 Å². The normalized spacial score (nSPS) is 9.95. The SMILES string of the molecule is C=CCNc1ccc(OCc2ccc(Cl)cc2)cc1. The summed E-state index contributed by atoms with van der Waals surface area (Å²) in [4.78, 5) is 0. The molecule has 2 aromatic carbocycles. The van der Waals surface area contributed by atoms with Gasteiger partial charge in [-0.25, -0.2) is 0 Å². The quantitative estimate of drug-likeness (QED) is 0.782. The molecule has 0 fully saturated rings. The summed E-state index contributed by atoms with van der Waals surface area (Å²) in [5, 5.41) is 3.95. The van der Waals surface area contributed by atoms with Gasteiger partial charge in [-0.05, 0) is 42.0 Å². The molecular formula is C16H16ClNO. The van der Waals surface area contributed by atoms with E-state index in [4.69, 9.17) is 16.3 Å². The first kappa shape index (κ1) is 13.5. The molecule has 0 spiro atoms. The summed E-state index contributed by atoms with van der Waals surface area (Å²) < 4.78 is 5.70. The van der Waals surface area contributed by atoms with E-state index in [1.807, 2.05) is 54.6 Å². The van der Waals surface area contributed by atoms with Gasteiger partial charge in [-0.3, -0.25) is 0 Å². The highest BCUT2D eigenvalue weighted by molar-refractivity contribution is 6.30. The highest BCUT2D eigenvalue weighted by atomic mass is 35.5. The Kier molecular flexibility index (Phi) is 4.87. The number of hydrogen-bond donors (Lipinski definition) is 1. The molecule has 19 heavy (non-hydrogen) atoms. The van der Waals surface area contributed by atoms with Crippen molar-refractivity contribution in [2.75, 3.05) is 11.9 Å². The van der Waals surface area contributed by atoms with E-state index in [0.29, 0.717) is 6.61 Å². The van der Waals surface area contributed by atoms with Crippen molar-refractivity contribution in [1.29, 1.82) is 0 Å². The second-order valence-corrected chi connectivity index (χ2v) is 4.55. The molecule has 0 atom stereocenters. The lowest BCUT2D eigenvalue weighted by molar-refractivity contribution is 0.306. The Bertz CT molecular complexity index is 519. The van der Waals surface area contributed by atoms with Crippen LogP contribution in [0.25, 0.3) is 0 Å². The van der Waals surface area contributed by atoms with E-state index in [-0.39, 0.29) is 0 Å². The molecule has 98 valence electrons. The monoisotopic (exact) mass is 273 g/mol. The fourth-order valence-electron chi connectivity index (χ4n) is 1.61. The molecule has 0 radical (unpaired) electrons. The van der Waals surface area contributed by atoms with E-state index in [1.54, 1.807) is 0 Å². The van der Waals surface area contributed by atoms with E-state index in [9.17, 15) is 0 Å². The summed E-state index contributed by atoms with van der Waals surface area (Å²) in [6.07, 6.45) is 1.82. The van der Waals surface area contributed by atoms with E-state index >= 15 is 0 Å². The minimum atomic E-state index is 0.538. The molecule has 0 aromatic heterocycles. The summed E-state index contributed by atoms with van der Waals surface area (Å²) in [5.74, 6) is 0.846. The second-order valence-electron chi connectivity index (χ2n) is 4.11. The summed E-state index contributed by atoms with van der Waals surface area (Å²) in [5.41, 5.74) is 2.15. The van der Waals surface area contributed by atoms with Crippen LogP contribution >= 0.6 is 11.6 Å². The average molecular weight is 274 g/mol. The Hall–Kier alpha value is -1.93. The number of hydrogen-bond acceptors (Lipinski definition) is 2. The van der Waals surface area contributed by atoms with Crippen LogP contribution in [0.5, 0.6) is 5.75 Å². The minimum Gasteiger partial charge on any atom is -0.489 e. The lowest BCUT2D eigenvalue weighted by Gasteiger charge is -2.08. The third-order valence-electron chi connectivity index (χ3n) is 2.62. The Morgan fingerprint density at radius 2 is 1.74 bits per heavy atom. The Morgan fingerprint density at radius 1 is 1.05 bits per heavy atom. The van der Waals surface area contributed by atoms with E-state index in [1.165, 1.54) is 0 Å². The fraction of sp³-hybridized carbons (Fsp3) is 0.125. The molecule has 0 bridgehead atoms. The van der Waals surface area contributed by atoms with Gasteiger partial charge in [-0.15, -0.1) is 6.58 Å². The van der Waals surface area contributed by atoms with Crippen molar-refractivity contribution < 1.29 is 4.74 Å². The van der Waals surface area contributed by atoms with Gasteiger partial charge >= 0.3 is 0 Å². The number of ether oxygens (including phenoxy) is 1. The van der Waals surface area contributed by atoms with Crippen molar-refractivity contribution in [2.24, 2.45) is 0 Å². The largest absolute Gasteiger partial charge is 0.489 e. The zero-order valence-electron chi connectivity index (χ0n) is 10.6. The minimum absolute atomic E-state index is 0.538. The Labute approximate surface area is 118 Å². The third-order valence-corrected chi connectivity index (χ3v) is 2.88. The standard InChI is InChI=1S/C16H16ClNO/c1-2-11-18-15-7-9-16(10-8-15)19-12-13-3-5-14(17)6-4-13/h2-10,18H,1,11-12H2. The predicted octanol–water partition coefficient (Wildman–Crippen LogP) is 4.52. The highest BCUT2D eigenvalue weighted by Gasteiger charge is 1.97. The van der Waals surface area contributed by atoms with E-state index in [2.05, 4.69) is 11.9 Å². The number of nitrogens with one attached hydrogen (secondary N) is 1. The lowest BCUT2D eigenvalue weighted by Crippen LogP contribution is -1.98. The van der Waals surface area contributed by atoms with E-state index in [0.717, 1.165) is 28.6 Å². The summed E-state index contributed by atoms with van der Waals surface area (Å²) in [6, 6.07) is 15.5. The molecule has 0 amide bonds. The Balaban J connectivity index is 1.89. The molecule has 3 heteroatoms. The molecular weight excluding hydrogens is 258 g/mol. The van der Waals surface area contributed by atoms with Crippen LogP contribution in [0.4, 0.5) is 5.69 Å². The van der Waals surface area contributed by atoms with Crippen LogP contribution in [0.1, 0.15) is 5.56 Å². The molecule has 0 aliphatic heterocycles. The number of anilines is 1. The second kappa shape index (κ2) is 6.86. The molecule has 2 nitrogen and oxygen atoms in total. The van der Waals surface area contributed by atoms with Crippen molar-refractivity contribution in [3.8, 4) is 5.75 Å². The summed E-state index contributed by atoms with van der Waals surface area (Å²) >= 11 is 5.83. The van der Waals surface area contributed by atoms with Gasteiger partial charge in [-0.1, -0.05) is 29.8 Å². The first-order valence-electron chi connectivity index (χ1n) is 6.10. The summed E-state index contributed by atoms with van der Waals surface area (Å²) in [7, 11) is 0. The van der Waals surface area contributed by atoms with Crippen LogP contribution < -0.4 is 10.1 Å². The van der Waals surface area contributed by atoms with Crippen LogP contribution in [0.2, 0.25) is 5.02 Å². The number of halogens is 1. The van der Waals surface area contributed by atoms with Crippen molar-refractivity contribution >= 4 is 17.3 Å². The van der Waals surface area contributed by atoms with Crippen molar-refractivity contribution in [3.63, 3.8) is 0 Å². The maximum Gasteiger partial charge on any atom is 0.119 e. The van der Waals surface area contributed by atoms with Gasteiger partial charge in [0.2, 0.25) is 0 Å². The predicted molar refractivity (Wildman–Crippen MR) is 80.9 cm³/mol. The van der Waals surface area contributed by atoms with Gasteiger partial charge in [0.1, 0.15) is 12.4 Å². The molecule has 0 aliphatic rings. The Morgan fingerprint density at radius 3 is 2.37 bits per heavy atom. The molecule has 0 aliphatic carbocycles. The third kappa shape index (κ3) is 4.34. The summed E-state index contributed by atoms with van der Waals surface area (Å²) in [6.45, 7) is 4.96. The number of rotatable bonds is 6. The van der Waals surface area contributed by atoms with Crippen LogP contribution in [0.15, 0.2) is 61.2 Å².